The molecular formula is C14H20N2O3. The Bertz CT molecular complexity index is 443. The molecule has 0 spiro atoms. The predicted molar refractivity (Wildman–Crippen MR) is 72.9 cm³/mol. The second-order valence-corrected chi connectivity index (χ2v) is 4.40. The van der Waals surface area contributed by atoms with Crippen LogP contribution < -0.4 is 5.32 Å². The van der Waals surface area contributed by atoms with Crippen LogP contribution in [0.25, 0.3) is 0 Å². The standard InChI is InChI=1S/C14H20N2O3/c1-4-16(5-2)13(19)15-14(3,12(17)18)11-9-7-6-8-10-11/h6-10H,4-5H2,1-3H3,(H,15,19)(H,17,18). The van der Waals surface area contributed by atoms with E-state index in [0.29, 0.717) is 18.7 Å². The number of hydrogen-bond acceptors (Lipinski definition) is 2. The number of aliphatic carboxylic acids is 1. The lowest BCUT2D eigenvalue weighted by molar-refractivity contribution is -0.144. The summed E-state index contributed by atoms with van der Waals surface area (Å²) in [6.45, 7) is 6.26. The lowest BCUT2D eigenvalue weighted by Crippen LogP contribution is -2.53. The van der Waals surface area contributed by atoms with Gasteiger partial charge in [-0.25, -0.2) is 9.59 Å². The molecule has 0 aliphatic carbocycles. The molecule has 5 nitrogen and oxygen atoms in total. The third-order valence-corrected chi connectivity index (χ3v) is 3.19. The van der Waals surface area contributed by atoms with Crippen molar-refractivity contribution in [2.24, 2.45) is 0 Å². The van der Waals surface area contributed by atoms with Crippen LogP contribution in [0.5, 0.6) is 0 Å². The normalized spacial score (nSPS) is 13.4. The zero-order chi connectivity index (χ0) is 14.5. The molecule has 0 aromatic heterocycles. The van der Waals surface area contributed by atoms with E-state index in [1.807, 2.05) is 13.8 Å². The summed E-state index contributed by atoms with van der Waals surface area (Å²) in [4.78, 5) is 25.1. The van der Waals surface area contributed by atoms with E-state index in [0.717, 1.165) is 0 Å². The second-order valence-electron chi connectivity index (χ2n) is 4.40. The summed E-state index contributed by atoms with van der Waals surface area (Å²) in [5, 5.41) is 12.0. The molecule has 19 heavy (non-hydrogen) atoms. The number of carboxylic acid groups (broad SMARTS) is 1. The summed E-state index contributed by atoms with van der Waals surface area (Å²) >= 11 is 0. The smallest absolute Gasteiger partial charge is 0.333 e. The summed E-state index contributed by atoms with van der Waals surface area (Å²) in [7, 11) is 0. The van der Waals surface area contributed by atoms with Gasteiger partial charge in [-0.2, -0.15) is 0 Å². The highest BCUT2D eigenvalue weighted by atomic mass is 16.4. The number of carbonyl (C=O) groups is 2. The summed E-state index contributed by atoms with van der Waals surface area (Å²) < 4.78 is 0. The Morgan fingerprint density at radius 2 is 1.74 bits per heavy atom. The highest BCUT2D eigenvalue weighted by Crippen LogP contribution is 2.21. The Morgan fingerprint density at radius 3 is 2.16 bits per heavy atom. The van der Waals surface area contributed by atoms with Crippen molar-refractivity contribution < 1.29 is 14.7 Å². The average molecular weight is 264 g/mol. The van der Waals surface area contributed by atoms with Crippen LogP contribution in [0.2, 0.25) is 0 Å². The minimum absolute atomic E-state index is 0.376. The molecule has 0 fully saturated rings. The van der Waals surface area contributed by atoms with Crippen molar-refractivity contribution in [1.82, 2.24) is 10.2 Å². The molecule has 0 saturated heterocycles. The molecule has 0 aliphatic rings. The molecule has 1 rings (SSSR count). The SMILES string of the molecule is CCN(CC)C(=O)NC(C)(C(=O)O)c1ccccc1. The number of rotatable bonds is 5. The van der Waals surface area contributed by atoms with Gasteiger partial charge in [0.15, 0.2) is 5.54 Å². The Hall–Kier alpha value is -2.04. The number of carboxylic acids is 1. The largest absolute Gasteiger partial charge is 0.479 e. The van der Waals surface area contributed by atoms with Crippen molar-refractivity contribution in [3.05, 3.63) is 35.9 Å². The number of amides is 2. The van der Waals surface area contributed by atoms with E-state index >= 15 is 0 Å². The second kappa shape index (κ2) is 6.22. The molecule has 2 N–H and O–H groups in total. The first-order chi connectivity index (χ1) is 8.95. The molecule has 1 atom stereocenters. The van der Waals surface area contributed by atoms with Gasteiger partial charge >= 0.3 is 12.0 Å². The maximum Gasteiger partial charge on any atom is 0.333 e. The fourth-order valence-corrected chi connectivity index (χ4v) is 1.82. The zero-order valence-corrected chi connectivity index (χ0v) is 11.5. The monoisotopic (exact) mass is 264 g/mol. The Balaban J connectivity index is 3.02. The predicted octanol–water partition coefficient (Wildman–Crippen LogP) is 2.04. The third kappa shape index (κ3) is 3.24. The van der Waals surface area contributed by atoms with Crippen LogP contribution in [0.3, 0.4) is 0 Å². The van der Waals surface area contributed by atoms with Crippen molar-refractivity contribution >= 4 is 12.0 Å². The minimum atomic E-state index is -1.43. The molecular weight excluding hydrogens is 244 g/mol. The van der Waals surface area contributed by atoms with Gasteiger partial charge in [0.1, 0.15) is 0 Å². The Labute approximate surface area is 113 Å². The highest BCUT2D eigenvalue weighted by Gasteiger charge is 2.37. The van der Waals surface area contributed by atoms with Crippen molar-refractivity contribution in [2.45, 2.75) is 26.3 Å². The van der Waals surface area contributed by atoms with Crippen molar-refractivity contribution in [3.63, 3.8) is 0 Å². The number of nitrogens with one attached hydrogen (secondary N) is 1. The van der Waals surface area contributed by atoms with Crippen LogP contribution in [0.4, 0.5) is 4.79 Å². The third-order valence-electron chi connectivity index (χ3n) is 3.19. The van der Waals surface area contributed by atoms with Gasteiger partial charge in [0.2, 0.25) is 0 Å². The van der Waals surface area contributed by atoms with E-state index in [1.54, 1.807) is 35.2 Å². The molecule has 104 valence electrons. The lowest BCUT2D eigenvalue weighted by atomic mass is 9.92. The summed E-state index contributed by atoms with van der Waals surface area (Å²) in [5.74, 6) is -1.08. The van der Waals surface area contributed by atoms with Crippen LogP contribution in [0.1, 0.15) is 26.3 Å². The molecule has 1 aromatic carbocycles. The van der Waals surface area contributed by atoms with E-state index < -0.39 is 11.5 Å². The first-order valence-corrected chi connectivity index (χ1v) is 6.31. The van der Waals surface area contributed by atoms with Gasteiger partial charge in [0.25, 0.3) is 0 Å². The molecule has 0 aliphatic heterocycles. The fourth-order valence-electron chi connectivity index (χ4n) is 1.82. The van der Waals surface area contributed by atoms with E-state index in [-0.39, 0.29) is 6.03 Å². The zero-order valence-electron chi connectivity index (χ0n) is 11.5. The number of benzene rings is 1. The van der Waals surface area contributed by atoms with Crippen molar-refractivity contribution in [3.8, 4) is 0 Å². The summed E-state index contributed by atoms with van der Waals surface area (Å²) in [6.07, 6.45) is 0. The molecule has 1 aromatic rings. The van der Waals surface area contributed by atoms with Gasteiger partial charge in [0.05, 0.1) is 0 Å². The summed E-state index contributed by atoms with van der Waals surface area (Å²) in [6, 6.07) is 8.31. The van der Waals surface area contributed by atoms with Gasteiger partial charge in [-0.1, -0.05) is 30.3 Å². The molecule has 2 amide bonds. The fraction of sp³-hybridized carbons (Fsp3) is 0.429. The maximum absolute atomic E-state index is 12.1. The van der Waals surface area contributed by atoms with Gasteiger partial charge in [-0.05, 0) is 26.3 Å². The van der Waals surface area contributed by atoms with E-state index in [1.165, 1.54) is 6.92 Å². The highest BCUT2D eigenvalue weighted by molar-refractivity contribution is 5.87. The number of hydrogen-bond donors (Lipinski definition) is 2. The molecule has 5 heteroatoms. The number of urea groups is 1. The van der Waals surface area contributed by atoms with E-state index in [9.17, 15) is 14.7 Å². The van der Waals surface area contributed by atoms with Crippen LogP contribution in [0.15, 0.2) is 30.3 Å². The Morgan fingerprint density at radius 1 is 1.21 bits per heavy atom. The van der Waals surface area contributed by atoms with Crippen LogP contribution in [0, 0.1) is 0 Å². The van der Waals surface area contributed by atoms with E-state index in [4.69, 9.17) is 0 Å². The lowest BCUT2D eigenvalue weighted by Gasteiger charge is -2.30. The van der Waals surface area contributed by atoms with Crippen LogP contribution >= 0.6 is 0 Å². The quantitative estimate of drug-likeness (QED) is 0.855. The van der Waals surface area contributed by atoms with Gasteiger partial charge in [0, 0.05) is 13.1 Å². The Kier molecular flexibility index (Phi) is 4.92. The minimum Gasteiger partial charge on any atom is -0.479 e. The molecule has 0 radical (unpaired) electrons. The molecule has 0 saturated carbocycles. The molecule has 1 unspecified atom stereocenters. The molecule has 0 bridgehead atoms. The van der Waals surface area contributed by atoms with E-state index in [2.05, 4.69) is 5.32 Å². The van der Waals surface area contributed by atoms with Crippen molar-refractivity contribution in [2.75, 3.05) is 13.1 Å². The molecule has 0 heterocycles. The number of nitrogens with zero attached hydrogens (tertiary/aromatic N) is 1. The maximum atomic E-state index is 12.1. The van der Waals surface area contributed by atoms with Gasteiger partial charge in [-0.3, -0.25) is 0 Å². The average Bonchev–Trinajstić information content (AvgIpc) is 2.40. The first-order valence-electron chi connectivity index (χ1n) is 6.31. The number of carbonyl (C=O) groups excluding carboxylic acids is 1. The first kappa shape index (κ1) is 15.0. The topological polar surface area (TPSA) is 69.6 Å². The van der Waals surface area contributed by atoms with Crippen LogP contribution in [-0.2, 0) is 10.3 Å². The van der Waals surface area contributed by atoms with Gasteiger partial charge < -0.3 is 15.3 Å². The van der Waals surface area contributed by atoms with Crippen LogP contribution in [-0.4, -0.2) is 35.1 Å². The summed E-state index contributed by atoms with van der Waals surface area (Å²) in [5.41, 5.74) is -0.885. The van der Waals surface area contributed by atoms with Crippen molar-refractivity contribution in [1.29, 1.82) is 0 Å². The van der Waals surface area contributed by atoms with Gasteiger partial charge in [-0.15, -0.1) is 0 Å².